The van der Waals surface area contributed by atoms with Crippen molar-refractivity contribution in [3.8, 4) is 0 Å². The SMILES string of the molecule is CC(=O)OC[C@]1(C)[C@H]2C[C@H](O)[C@]34C=C(C=O)[C@H](CC[C@@H]3[C@]2(C)CC[C@H]1O)C4. The molecule has 0 aliphatic heterocycles. The molecular formula is C22H32O5. The number of hydrogen-bond acceptors (Lipinski definition) is 5. The monoisotopic (exact) mass is 376 g/mol. The zero-order valence-electron chi connectivity index (χ0n) is 16.6. The molecule has 27 heavy (non-hydrogen) atoms. The van der Waals surface area contributed by atoms with Crippen LogP contribution < -0.4 is 0 Å². The highest BCUT2D eigenvalue weighted by Gasteiger charge is 2.67. The van der Waals surface area contributed by atoms with Crippen molar-refractivity contribution < 1.29 is 24.5 Å². The molecule has 0 heterocycles. The molecule has 0 saturated heterocycles. The number of fused-ring (bicyclic) bond motifs is 3. The Morgan fingerprint density at radius 3 is 2.63 bits per heavy atom. The molecule has 4 rings (SSSR count). The molecule has 0 aromatic rings. The minimum Gasteiger partial charge on any atom is -0.465 e. The highest BCUT2D eigenvalue weighted by molar-refractivity contribution is 5.75. The van der Waals surface area contributed by atoms with Crippen molar-refractivity contribution in [3.63, 3.8) is 0 Å². The number of aliphatic hydroxyl groups is 2. The number of carbonyl (C=O) groups is 2. The van der Waals surface area contributed by atoms with Crippen molar-refractivity contribution in [1.82, 2.24) is 0 Å². The van der Waals surface area contributed by atoms with E-state index in [0.717, 1.165) is 37.5 Å². The molecule has 0 aromatic heterocycles. The molecule has 0 radical (unpaired) electrons. The van der Waals surface area contributed by atoms with E-state index < -0.39 is 17.6 Å². The quantitative estimate of drug-likeness (QED) is 0.584. The Morgan fingerprint density at radius 2 is 1.96 bits per heavy atom. The maximum absolute atomic E-state index is 11.6. The van der Waals surface area contributed by atoms with Crippen molar-refractivity contribution in [2.24, 2.45) is 34.0 Å². The summed E-state index contributed by atoms with van der Waals surface area (Å²) < 4.78 is 5.38. The lowest BCUT2D eigenvalue weighted by Crippen LogP contribution is -2.64. The van der Waals surface area contributed by atoms with Gasteiger partial charge in [-0.15, -0.1) is 0 Å². The van der Waals surface area contributed by atoms with Gasteiger partial charge in [0, 0.05) is 17.8 Å². The number of aliphatic hydroxyl groups excluding tert-OH is 2. The largest absolute Gasteiger partial charge is 0.465 e. The maximum atomic E-state index is 11.6. The van der Waals surface area contributed by atoms with Gasteiger partial charge in [0.1, 0.15) is 6.29 Å². The van der Waals surface area contributed by atoms with Crippen LogP contribution in [0, 0.1) is 34.0 Å². The fourth-order valence-corrected chi connectivity index (χ4v) is 7.51. The van der Waals surface area contributed by atoms with Crippen LogP contribution >= 0.6 is 0 Å². The summed E-state index contributed by atoms with van der Waals surface area (Å²) in [6, 6.07) is 0. The molecule has 4 aliphatic carbocycles. The third-order valence-corrected chi connectivity index (χ3v) is 8.87. The smallest absolute Gasteiger partial charge is 0.302 e. The highest BCUT2D eigenvalue weighted by Crippen LogP contribution is 2.70. The second kappa shape index (κ2) is 6.15. The Balaban J connectivity index is 1.74. The van der Waals surface area contributed by atoms with Gasteiger partial charge in [-0.3, -0.25) is 9.59 Å². The Bertz CT molecular complexity index is 686. The Kier molecular flexibility index (Phi) is 4.36. The van der Waals surface area contributed by atoms with E-state index in [-0.39, 0.29) is 41.2 Å². The second-order valence-electron chi connectivity index (χ2n) is 10.1. The van der Waals surface area contributed by atoms with Crippen LogP contribution in [0.2, 0.25) is 0 Å². The first-order valence-electron chi connectivity index (χ1n) is 10.3. The molecule has 2 N–H and O–H groups in total. The third kappa shape index (κ3) is 2.50. The van der Waals surface area contributed by atoms with Gasteiger partial charge in [0.25, 0.3) is 0 Å². The first kappa shape index (κ1) is 19.1. The van der Waals surface area contributed by atoms with Crippen LogP contribution in [0.5, 0.6) is 0 Å². The zero-order chi connectivity index (χ0) is 19.6. The Hall–Kier alpha value is -1.20. The van der Waals surface area contributed by atoms with Crippen LogP contribution in [0.1, 0.15) is 59.3 Å². The number of rotatable bonds is 3. The van der Waals surface area contributed by atoms with Crippen molar-refractivity contribution in [1.29, 1.82) is 0 Å². The number of allylic oxidation sites excluding steroid dienone is 1. The molecule has 0 aromatic carbocycles. The topological polar surface area (TPSA) is 83.8 Å². The van der Waals surface area contributed by atoms with Gasteiger partial charge in [0.2, 0.25) is 0 Å². The van der Waals surface area contributed by atoms with Crippen LogP contribution in [0.4, 0.5) is 0 Å². The van der Waals surface area contributed by atoms with Gasteiger partial charge in [-0.25, -0.2) is 0 Å². The minimum atomic E-state index is -0.562. The van der Waals surface area contributed by atoms with E-state index in [2.05, 4.69) is 13.0 Å². The zero-order valence-corrected chi connectivity index (χ0v) is 16.6. The summed E-state index contributed by atoms with van der Waals surface area (Å²) in [6.07, 6.45) is 7.05. The second-order valence-corrected chi connectivity index (χ2v) is 10.1. The number of carbonyl (C=O) groups excluding carboxylic acids is 2. The van der Waals surface area contributed by atoms with Gasteiger partial charge in [-0.05, 0) is 67.3 Å². The Morgan fingerprint density at radius 1 is 1.22 bits per heavy atom. The molecule has 0 amide bonds. The average molecular weight is 376 g/mol. The number of esters is 1. The predicted molar refractivity (Wildman–Crippen MR) is 99.6 cm³/mol. The van der Waals surface area contributed by atoms with E-state index in [1.165, 1.54) is 6.92 Å². The standard InChI is InChI=1S/C22H32O5/c1-13(24)27-12-21(3)17-8-19(26)22-9-14(15(10-22)11-23)4-5-16(22)20(17,2)7-6-18(21)25/h10-11,14,16-19,25-26H,4-9,12H2,1-3H3/t14-,16-,17+,18-,19+,20+,21-,22-/m1/s1. The molecule has 150 valence electrons. The summed E-state index contributed by atoms with van der Waals surface area (Å²) in [5.74, 6) is 0.314. The molecule has 1 spiro atoms. The molecule has 5 nitrogen and oxygen atoms in total. The highest BCUT2D eigenvalue weighted by atomic mass is 16.5. The van der Waals surface area contributed by atoms with Gasteiger partial charge in [-0.1, -0.05) is 19.9 Å². The first-order valence-corrected chi connectivity index (χ1v) is 10.3. The van der Waals surface area contributed by atoms with Crippen LogP contribution in [-0.4, -0.2) is 41.3 Å². The van der Waals surface area contributed by atoms with Crippen LogP contribution in [0.25, 0.3) is 0 Å². The normalized spacial score (nSPS) is 51.0. The predicted octanol–water partition coefficient (Wildman–Crippen LogP) is 2.64. The van der Waals surface area contributed by atoms with Gasteiger partial charge in [0.05, 0.1) is 18.8 Å². The van der Waals surface area contributed by atoms with Crippen molar-refractivity contribution >= 4 is 12.3 Å². The van der Waals surface area contributed by atoms with E-state index in [9.17, 15) is 19.8 Å². The molecule has 2 bridgehead atoms. The van der Waals surface area contributed by atoms with E-state index in [1.54, 1.807) is 0 Å². The lowest BCUT2D eigenvalue weighted by Gasteiger charge is -2.66. The van der Waals surface area contributed by atoms with E-state index >= 15 is 0 Å². The van der Waals surface area contributed by atoms with Crippen molar-refractivity contribution in [2.45, 2.75) is 71.5 Å². The summed E-state index contributed by atoms with van der Waals surface area (Å²) in [5.41, 5.74) is -0.0482. The fraction of sp³-hybridized carbons (Fsp3) is 0.818. The lowest BCUT2D eigenvalue weighted by molar-refractivity contribution is -0.224. The van der Waals surface area contributed by atoms with Crippen LogP contribution in [0.3, 0.4) is 0 Å². The molecule has 0 unspecified atom stereocenters. The first-order chi connectivity index (χ1) is 12.7. The Labute approximate surface area is 161 Å². The molecule has 3 fully saturated rings. The molecule has 3 saturated carbocycles. The summed E-state index contributed by atoms with van der Waals surface area (Å²) >= 11 is 0. The van der Waals surface area contributed by atoms with Crippen LogP contribution in [-0.2, 0) is 14.3 Å². The van der Waals surface area contributed by atoms with Crippen LogP contribution in [0.15, 0.2) is 11.6 Å². The van der Waals surface area contributed by atoms with Gasteiger partial charge in [0.15, 0.2) is 0 Å². The summed E-state index contributed by atoms with van der Waals surface area (Å²) in [6.45, 7) is 5.91. The van der Waals surface area contributed by atoms with Gasteiger partial charge < -0.3 is 14.9 Å². The summed E-state index contributed by atoms with van der Waals surface area (Å²) in [5, 5.41) is 22.1. The van der Waals surface area contributed by atoms with Gasteiger partial charge >= 0.3 is 5.97 Å². The van der Waals surface area contributed by atoms with Crippen molar-refractivity contribution in [3.05, 3.63) is 11.6 Å². The maximum Gasteiger partial charge on any atom is 0.302 e. The minimum absolute atomic E-state index is 0.0484. The number of aldehydes is 1. The molecule has 5 heteroatoms. The number of ether oxygens (including phenoxy) is 1. The van der Waals surface area contributed by atoms with E-state index in [1.807, 2.05) is 6.92 Å². The van der Waals surface area contributed by atoms with Gasteiger partial charge in [-0.2, -0.15) is 0 Å². The molecule has 4 aliphatic rings. The van der Waals surface area contributed by atoms with E-state index in [0.29, 0.717) is 12.8 Å². The third-order valence-electron chi connectivity index (χ3n) is 8.87. The lowest BCUT2D eigenvalue weighted by atomic mass is 9.40. The fourth-order valence-electron chi connectivity index (χ4n) is 7.51. The average Bonchev–Trinajstić information content (AvgIpc) is 2.91. The summed E-state index contributed by atoms with van der Waals surface area (Å²) in [4.78, 5) is 23.0. The van der Waals surface area contributed by atoms with Crippen molar-refractivity contribution in [2.75, 3.05) is 6.61 Å². The number of hydrogen-bond donors (Lipinski definition) is 2. The molecular weight excluding hydrogens is 344 g/mol. The summed E-state index contributed by atoms with van der Waals surface area (Å²) in [7, 11) is 0. The molecule has 8 atom stereocenters. The van der Waals surface area contributed by atoms with E-state index in [4.69, 9.17) is 4.74 Å².